The van der Waals surface area contributed by atoms with Crippen molar-refractivity contribution in [1.82, 2.24) is 0 Å². The molecule has 0 bridgehead atoms. The van der Waals surface area contributed by atoms with E-state index in [1.807, 2.05) is 30.3 Å². The Balaban J connectivity index is 1.67. The van der Waals surface area contributed by atoms with Crippen molar-refractivity contribution in [1.29, 1.82) is 5.26 Å². The Morgan fingerprint density at radius 3 is 2.45 bits per heavy atom. The molecule has 0 radical (unpaired) electrons. The van der Waals surface area contributed by atoms with Gasteiger partial charge in [0.25, 0.3) is 5.91 Å². The standard InChI is InChI=1S/C23H16BrFN2O2/c24-20-6-2-1-5-17(20)15-29-19-11-9-16(10-12-19)13-18(14-26)23(28)27-22-8-4-3-7-21(22)25/h1-13H,15H2,(H,27,28)/b18-13+. The SMILES string of the molecule is N#C/C(=C\c1ccc(OCc2ccccc2Br)cc1)C(=O)Nc1ccccc1F. The molecule has 0 aromatic heterocycles. The summed E-state index contributed by atoms with van der Waals surface area (Å²) in [6, 6.07) is 22.4. The molecular weight excluding hydrogens is 435 g/mol. The fraction of sp³-hybridized carbons (Fsp3) is 0.0435. The van der Waals surface area contributed by atoms with Gasteiger partial charge in [0.1, 0.15) is 29.8 Å². The highest BCUT2D eigenvalue weighted by Gasteiger charge is 2.11. The molecule has 6 heteroatoms. The van der Waals surface area contributed by atoms with Gasteiger partial charge in [-0.05, 0) is 42.0 Å². The molecule has 144 valence electrons. The number of rotatable bonds is 6. The molecular formula is C23H16BrFN2O2. The molecule has 0 spiro atoms. The number of halogens is 2. The zero-order chi connectivity index (χ0) is 20.6. The zero-order valence-corrected chi connectivity index (χ0v) is 16.8. The monoisotopic (exact) mass is 450 g/mol. The molecule has 0 unspecified atom stereocenters. The highest BCUT2D eigenvalue weighted by Crippen LogP contribution is 2.20. The summed E-state index contributed by atoms with van der Waals surface area (Å²) in [5.74, 6) is -0.580. The van der Waals surface area contributed by atoms with Crippen molar-refractivity contribution >= 4 is 33.6 Å². The summed E-state index contributed by atoms with van der Waals surface area (Å²) in [6.07, 6.45) is 1.44. The molecule has 1 amide bonds. The molecule has 0 saturated carbocycles. The minimum absolute atomic E-state index is 0.0227. The highest BCUT2D eigenvalue weighted by atomic mass is 79.9. The predicted octanol–water partition coefficient (Wildman–Crippen LogP) is 5.71. The molecule has 0 saturated heterocycles. The Morgan fingerprint density at radius 1 is 1.07 bits per heavy atom. The Bertz CT molecular complexity index is 1090. The average molecular weight is 451 g/mol. The Labute approximate surface area is 176 Å². The summed E-state index contributed by atoms with van der Waals surface area (Å²) < 4.78 is 20.4. The fourth-order valence-electron chi connectivity index (χ4n) is 2.50. The van der Waals surface area contributed by atoms with Crippen molar-refractivity contribution in [3.8, 4) is 11.8 Å². The van der Waals surface area contributed by atoms with Gasteiger partial charge in [-0.3, -0.25) is 4.79 Å². The van der Waals surface area contributed by atoms with Gasteiger partial charge < -0.3 is 10.1 Å². The summed E-state index contributed by atoms with van der Waals surface area (Å²) in [7, 11) is 0. The first kappa shape index (κ1) is 20.3. The van der Waals surface area contributed by atoms with Gasteiger partial charge in [0.15, 0.2) is 0 Å². The average Bonchev–Trinajstić information content (AvgIpc) is 2.74. The van der Waals surface area contributed by atoms with E-state index in [2.05, 4.69) is 21.2 Å². The van der Waals surface area contributed by atoms with E-state index in [-0.39, 0.29) is 11.3 Å². The smallest absolute Gasteiger partial charge is 0.266 e. The number of ether oxygens (including phenoxy) is 1. The first-order valence-electron chi connectivity index (χ1n) is 8.71. The van der Waals surface area contributed by atoms with E-state index >= 15 is 0 Å². The third-order valence-electron chi connectivity index (χ3n) is 4.03. The molecule has 0 atom stereocenters. The quantitative estimate of drug-likeness (QED) is 0.386. The lowest BCUT2D eigenvalue weighted by Gasteiger charge is -2.08. The van der Waals surface area contributed by atoms with Crippen LogP contribution in [0.5, 0.6) is 5.75 Å². The second-order valence-electron chi connectivity index (χ2n) is 6.05. The lowest BCUT2D eigenvalue weighted by Crippen LogP contribution is -2.14. The molecule has 4 nitrogen and oxygen atoms in total. The van der Waals surface area contributed by atoms with E-state index in [4.69, 9.17) is 4.74 Å². The summed E-state index contributed by atoms with van der Waals surface area (Å²) in [5.41, 5.74) is 1.57. The number of anilines is 1. The van der Waals surface area contributed by atoms with Crippen LogP contribution in [-0.2, 0) is 11.4 Å². The minimum atomic E-state index is -0.674. The van der Waals surface area contributed by atoms with Crippen LogP contribution in [-0.4, -0.2) is 5.91 Å². The maximum atomic E-state index is 13.7. The molecule has 29 heavy (non-hydrogen) atoms. The van der Waals surface area contributed by atoms with Crippen molar-refractivity contribution in [2.45, 2.75) is 6.61 Å². The van der Waals surface area contributed by atoms with Gasteiger partial charge in [-0.15, -0.1) is 0 Å². The van der Waals surface area contributed by atoms with Crippen LogP contribution in [0.4, 0.5) is 10.1 Å². The maximum Gasteiger partial charge on any atom is 0.266 e. The Kier molecular flexibility index (Phi) is 6.77. The van der Waals surface area contributed by atoms with Crippen LogP contribution in [0, 0.1) is 17.1 Å². The van der Waals surface area contributed by atoms with Gasteiger partial charge in [0, 0.05) is 10.0 Å². The Morgan fingerprint density at radius 2 is 1.76 bits per heavy atom. The van der Waals surface area contributed by atoms with E-state index in [0.717, 1.165) is 10.0 Å². The zero-order valence-electron chi connectivity index (χ0n) is 15.2. The molecule has 1 N–H and O–H groups in total. The van der Waals surface area contributed by atoms with Crippen LogP contribution >= 0.6 is 15.9 Å². The largest absolute Gasteiger partial charge is 0.489 e. The second-order valence-corrected chi connectivity index (χ2v) is 6.91. The van der Waals surface area contributed by atoms with Crippen molar-refractivity contribution in [3.63, 3.8) is 0 Å². The molecule has 0 heterocycles. The van der Waals surface area contributed by atoms with E-state index in [1.165, 1.54) is 24.3 Å². The number of nitrogens with zero attached hydrogens (tertiary/aromatic N) is 1. The van der Waals surface area contributed by atoms with Gasteiger partial charge in [-0.1, -0.05) is 58.4 Å². The number of para-hydroxylation sites is 1. The summed E-state index contributed by atoms with van der Waals surface area (Å²) in [5, 5.41) is 11.7. The predicted molar refractivity (Wildman–Crippen MR) is 114 cm³/mol. The molecule has 0 fully saturated rings. The van der Waals surface area contributed by atoms with Crippen LogP contribution in [0.2, 0.25) is 0 Å². The molecule has 3 aromatic carbocycles. The number of carbonyl (C=O) groups is 1. The maximum absolute atomic E-state index is 13.7. The summed E-state index contributed by atoms with van der Waals surface area (Å²) >= 11 is 3.48. The minimum Gasteiger partial charge on any atom is -0.489 e. The summed E-state index contributed by atoms with van der Waals surface area (Å²) in [4.78, 5) is 12.3. The van der Waals surface area contributed by atoms with Crippen LogP contribution in [0.3, 0.4) is 0 Å². The van der Waals surface area contributed by atoms with Crippen LogP contribution < -0.4 is 10.1 Å². The van der Waals surface area contributed by atoms with Crippen molar-refractivity contribution in [2.24, 2.45) is 0 Å². The highest BCUT2D eigenvalue weighted by molar-refractivity contribution is 9.10. The van der Waals surface area contributed by atoms with Crippen molar-refractivity contribution < 1.29 is 13.9 Å². The third kappa shape index (κ3) is 5.53. The van der Waals surface area contributed by atoms with Gasteiger partial charge in [0.2, 0.25) is 0 Å². The number of amides is 1. The Hall–Kier alpha value is -3.43. The molecule has 0 aliphatic heterocycles. The third-order valence-corrected chi connectivity index (χ3v) is 4.80. The van der Waals surface area contributed by atoms with E-state index in [1.54, 1.807) is 30.3 Å². The number of nitriles is 1. The topological polar surface area (TPSA) is 62.1 Å². The van der Waals surface area contributed by atoms with Crippen LogP contribution in [0.25, 0.3) is 6.08 Å². The lowest BCUT2D eigenvalue weighted by atomic mass is 10.1. The molecule has 3 aromatic rings. The normalized spacial score (nSPS) is 10.9. The first-order valence-corrected chi connectivity index (χ1v) is 9.50. The van der Waals surface area contributed by atoms with Crippen LogP contribution in [0.15, 0.2) is 82.8 Å². The van der Waals surface area contributed by atoms with Gasteiger partial charge >= 0.3 is 0 Å². The molecule has 0 aliphatic carbocycles. The number of hydrogen-bond acceptors (Lipinski definition) is 3. The van der Waals surface area contributed by atoms with Crippen molar-refractivity contribution in [3.05, 3.63) is 99.8 Å². The number of hydrogen-bond donors (Lipinski definition) is 1. The van der Waals surface area contributed by atoms with E-state index in [9.17, 15) is 14.4 Å². The second kappa shape index (κ2) is 9.67. The number of carbonyl (C=O) groups excluding carboxylic acids is 1. The van der Waals surface area contributed by atoms with E-state index < -0.39 is 11.7 Å². The first-order chi connectivity index (χ1) is 14.1. The van der Waals surface area contributed by atoms with Gasteiger partial charge in [-0.2, -0.15) is 5.26 Å². The van der Waals surface area contributed by atoms with Gasteiger partial charge in [0.05, 0.1) is 5.69 Å². The van der Waals surface area contributed by atoms with Crippen molar-refractivity contribution in [2.75, 3.05) is 5.32 Å². The number of benzene rings is 3. The summed E-state index contributed by atoms with van der Waals surface area (Å²) in [6.45, 7) is 0.408. The fourth-order valence-corrected chi connectivity index (χ4v) is 2.90. The molecule has 0 aliphatic rings. The lowest BCUT2D eigenvalue weighted by molar-refractivity contribution is -0.112. The van der Waals surface area contributed by atoms with Crippen LogP contribution in [0.1, 0.15) is 11.1 Å². The van der Waals surface area contributed by atoms with E-state index in [0.29, 0.717) is 17.9 Å². The number of nitrogens with one attached hydrogen (secondary N) is 1. The van der Waals surface area contributed by atoms with Gasteiger partial charge in [-0.25, -0.2) is 4.39 Å². The molecule has 3 rings (SSSR count).